The highest BCUT2D eigenvalue weighted by molar-refractivity contribution is 5.84. The Morgan fingerprint density at radius 1 is 0.319 bits per heavy atom. The van der Waals surface area contributed by atoms with E-state index < -0.39 is 28.6 Å². The molecule has 15 aliphatic rings. The van der Waals surface area contributed by atoms with Crippen LogP contribution in [0.2, 0.25) is 0 Å². The molecule has 27 nitrogen and oxygen atoms in total. The maximum Gasteiger partial charge on any atom is 0.220 e. The van der Waals surface area contributed by atoms with E-state index in [0.717, 1.165) is 186 Å². The van der Waals surface area contributed by atoms with Crippen LogP contribution in [0.3, 0.4) is 0 Å². The van der Waals surface area contributed by atoms with Crippen molar-refractivity contribution >= 4 is 41.2 Å². The molecule has 5 saturated carbocycles. The predicted molar refractivity (Wildman–Crippen MR) is 555 cm³/mol. The van der Waals surface area contributed by atoms with Crippen LogP contribution in [0.1, 0.15) is 202 Å². The van der Waals surface area contributed by atoms with Crippen molar-refractivity contribution in [2.45, 2.75) is 203 Å². The summed E-state index contributed by atoms with van der Waals surface area (Å²) < 4.78 is 11.6. The highest BCUT2D eigenvalue weighted by atomic mass is 16.7. The number of nitrogens with zero attached hydrogens (tertiary/aromatic N) is 15. The van der Waals surface area contributed by atoms with Crippen molar-refractivity contribution in [1.82, 2.24) is 25.3 Å². The van der Waals surface area contributed by atoms with Crippen LogP contribution >= 0.6 is 0 Å². The van der Waals surface area contributed by atoms with Gasteiger partial charge in [0.05, 0.1) is 60.3 Å². The molecule has 0 aromatic heterocycles. The van der Waals surface area contributed by atoms with Crippen molar-refractivity contribution in [2.75, 3.05) is 49.5 Å². The number of nitriles is 3. The lowest BCUT2D eigenvalue weighted by molar-refractivity contribution is -0.229. The minimum absolute atomic E-state index is 0.0160. The topological polar surface area (TPSA) is 353 Å². The Kier molecular flexibility index (Phi) is 24.3. The molecule has 5 aliphatic heterocycles. The van der Waals surface area contributed by atoms with Gasteiger partial charge in [0.25, 0.3) is 0 Å². The van der Waals surface area contributed by atoms with Crippen LogP contribution in [-0.4, -0.2) is 117 Å². The van der Waals surface area contributed by atoms with Crippen molar-refractivity contribution < 1.29 is 33.7 Å². The third-order valence-electron chi connectivity index (χ3n) is 34.6. The zero-order valence-electron chi connectivity index (χ0n) is 83.6. The molecule has 144 heavy (non-hydrogen) atoms. The number of aliphatic imine (C=N–C) groups is 5. The molecule has 0 amide bonds. The second-order valence-electron chi connectivity index (χ2n) is 42.8. The number of benzene rings is 10. The number of methoxy groups -OCH3 is 2. The van der Waals surface area contributed by atoms with Gasteiger partial charge in [0.2, 0.25) is 58.4 Å². The van der Waals surface area contributed by atoms with Crippen LogP contribution in [0, 0.1) is 92.0 Å². The Balaban J connectivity index is 0.000000106. The quantitative estimate of drug-likeness (QED) is 0.0925. The van der Waals surface area contributed by atoms with E-state index in [1.54, 1.807) is 39.5 Å². The van der Waals surface area contributed by atoms with E-state index in [9.17, 15) is 15.8 Å². The second kappa shape index (κ2) is 36.5. The molecule has 7 unspecified atom stereocenters. The Bertz CT molecular complexity index is 7030. The lowest BCUT2D eigenvalue weighted by Gasteiger charge is -2.44. The van der Waals surface area contributed by atoms with Crippen LogP contribution in [0.4, 0.5) is 11.4 Å². The smallest absolute Gasteiger partial charge is 0.220 e. The molecule has 5 heterocycles. The number of hydrogen-bond donors (Lipinski definition) is 5. The first-order chi connectivity index (χ1) is 69.4. The van der Waals surface area contributed by atoms with Gasteiger partial charge in [-0.1, -0.05) is 186 Å². The first-order valence-electron chi connectivity index (χ1n) is 50.5. The third kappa shape index (κ3) is 15.5. The number of ether oxygens (including phenoxy) is 2. The third-order valence-corrected chi connectivity index (χ3v) is 34.6. The summed E-state index contributed by atoms with van der Waals surface area (Å²) in [4.78, 5) is 64.0. The van der Waals surface area contributed by atoms with Gasteiger partial charge in [-0.05, 0) is 289 Å². The highest BCUT2D eigenvalue weighted by Crippen LogP contribution is 2.70. The molecular formula is C117H124N20O7. The first-order valence-corrected chi connectivity index (χ1v) is 50.5. The molecule has 0 radical (unpaired) electrons. The van der Waals surface area contributed by atoms with Crippen molar-refractivity contribution in [1.29, 1.82) is 15.8 Å². The van der Waals surface area contributed by atoms with Gasteiger partial charge in [0, 0.05) is 104 Å². The molecule has 10 spiro atoms. The lowest BCUT2D eigenvalue weighted by atomic mass is 9.65. The van der Waals surface area contributed by atoms with E-state index >= 15 is 0 Å². The van der Waals surface area contributed by atoms with Crippen LogP contribution in [0.15, 0.2) is 237 Å². The molecule has 0 bridgehead atoms. The minimum Gasteiger partial charge on any atom is -0.381 e. The first kappa shape index (κ1) is 95.9. The van der Waals surface area contributed by atoms with E-state index in [0.29, 0.717) is 69.7 Å². The number of guanidine groups is 5. The summed E-state index contributed by atoms with van der Waals surface area (Å²) in [5.74, 6) is 3.69. The zero-order chi connectivity index (χ0) is 100. The monoisotopic (exact) mass is 1920 g/mol. The second-order valence-corrected chi connectivity index (χ2v) is 42.8. The van der Waals surface area contributed by atoms with E-state index in [1.807, 2.05) is 150 Å². The van der Waals surface area contributed by atoms with Crippen molar-refractivity contribution in [3.63, 3.8) is 0 Å². The normalized spacial score (nSPS) is 29.0. The molecule has 0 saturated heterocycles. The molecule has 10 aliphatic carbocycles. The van der Waals surface area contributed by atoms with E-state index in [1.165, 1.54) is 72.8 Å². The predicted octanol–water partition coefficient (Wildman–Crippen LogP) is 20.6. The van der Waals surface area contributed by atoms with Gasteiger partial charge >= 0.3 is 0 Å². The maximum atomic E-state index is 9.28. The van der Waals surface area contributed by atoms with Crippen molar-refractivity contribution in [3.8, 4) is 73.8 Å². The number of hydroxylamine groups is 10. The average Bonchev–Trinajstić information content (AvgIpc) is 1.52. The summed E-state index contributed by atoms with van der Waals surface area (Å²) in [6, 6.07) is 77.9. The SMILES string of the molecule is CN1OC2(N=C1N)c1cc(-c3cccc(C#N)c3)ccc1CC21CCCC1.CO[C@@H]1CC2(Cc3ccc(-c4cccc(C#N)c4)cc3C23N=C(N)N(C)O3)C[C@@H]1C.CO[C@H]1CC2(Cc3ccc(-c4cccc(C#N)c4)cc3C23N=C(N)N(C)O3)C[C@H]1C.[C-]#[N+]c1cccc(-c2ccc3c(c2)C2(N=C(N)N(C)O2)C2(CCC(C)CC2)C3)c1.[C-]#[N+]c1cccc(-c2ccc3c(c2)C2(N=C(N)N(C)O2)C2(CCCCC2)C3)c1. The number of nitrogens with two attached hydrogens (primary N) is 5. The van der Waals surface area contributed by atoms with Gasteiger partial charge in [0.15, 0.2) is 11.4 Å². The van der Waals surface area contributed by atoms with Gasteiger partial charge in [0.1, 0.15) is 0 Å². The molecule has 734 valence electrons. The molecule has 10 aromatic rings. The highest BCUT2D eigenvalue weighted by Gasteiger charge is 2.71. The van der Waals surface area contributed by atoms with Crippen LogP contribution < -0.4 is 28.7 Å². The van der Waals surface area contributed by atoms with E-state index in [4.69, 9.17) is 100 Å². The van der Waals surface area contributed by atoms with Crippen LogP contribution in [-0.2, 0) is 94.4 Å². The van der Waals surface area contributed by atoms with Crippen LogP contribution in [0.5, 0.6) is 0 Å². The number of fused-ring (bicyclic) bond motifs is 15. The largest absolute Gasteiger partial charge is 0.381 e. The van der Waals surface area contributed by atoms with Crippen molar-refractivity contribution in [2.24, 2.45) is 98.5 Å². The van der Waals surface area contributed by atoms with Crippen LogP contribution in [0.25, 0.3) is 65.3 Å². The Morgan fingerprint density at radius 3 is 0.812 bits per heavy atom. The van der Waals surface area contributed by atoms with Gasteiger partial charge < -0.3 is 38.1 Å². The average molecular weight is 1920 g/mol. The Hall–Kier alpha value is -14.3. The molecule has 25 rings (SSSR count). The fraction of sp³-hybridized carbons (Fsp3) is 0.402. The summed E-state index contributed by atoms with van der Waals surface area (Å²) in [5.41, 5.74) is 52.2. The zero-order valence-corrected chi connectivity index (χ0v) is 83.6. The van der Waals surface area contributed by atoms with E-state index in [-0.39, 0.29) is 39.3 Å². The van der Waals surface area contributed by atoms with Gasteiger partial charge in [-0.2, -0.15) is 15.8 Å². The molecule has 10 N–H and O–H groups in total. The molecule has 5 fully saturated rings. The summed E-state index contributed by atoms with van der Waals surface area (Å²) in [6.45, 7) is 21.4. The Labute approximate surface area is 843 Å². The lowest BCUT2D eigenvalue weighted by Crippen LogP contribution is -2.45. The minimum atomic E-state index is -0.842. The van der Waals surface area contributed by atoms with Crippen molar-refractivity contribution in [3.05, 3.63) is 307 Å². The standard InChI is InChI=1S/2C24H26N4O2.C24H26N4O.C23H24N4O.C22H22N4O/c2*1-15-11-23(13-21(15)29-3)12-19-8-7-18(17-6-4-5-16(9-17)14-25)10-20(19)24(23)27-22(26)28(2)30-24;1-16-9-11-23(12-10-16)15-19-8-7-18(17-5-4-6-20(13-17)26-2)14-21(19)24(23)27-22(25)28(3)29-24;1-25-19-8-6-7-16(13-19)17-9-10-18-15-22(11-4-3-5-12-22)23(20(18)14-17)26-21(24)27(2)28-23;1-26-20(24)25-22(27-26)19-12-17(16-6-4-5-15(11-16)14-23)7-8-18(19)13-21(22)9-2-3-10-21/h2*4-10,15,21H,11-13H2,1-3H3,(H2,26,27);4-8,13-14,16H,9-12,15H2,1,3H3,(H2,25,27);6-10,13-14H,3-5,11-12,15H2,2H3,(H2,24,26);4-8,11-12H,2-3,9-10,13H2,1H3,(H2,24,25)/t2*15-,21+,23?,24?;;;/m10.../s1. The van der Waals surface area contributed by atoms with Gasteiger partial charge in [-0.15, -0.1) is 0 Å². The molecule has 27 heteroatoms. The molecule has 10 aromatic carbocycles. The summed E-state index contributed by atoms with van der Waals surface area (Å²) in [6.07, 6.45) is 23.8. The summed E-state index contributed by atoms with van der Waals surface area (Å²) in [5, 5.41) is 35.8. The Morgan fingerprint density at radius 2 is 0.562 bits per heavy atom. The summed E-state index contributed by atoms with van der Waals surface area (Å²) in [7, 11) is 12.7. The maximum absolute atomic E-state index is 9.28. The fourth-order valence-corrected chi connectivity index (χ4v) is 27.4. The number of rotatable bonds is 7. The van der Waals surface area contributed by atoms with E-state index in [2.05, 4.69) is 146 Å². The number of hydrogen-bond acceptors (Lipinski definition) is 25. The molecule has 11 atom stereocenters. The van der Waals surface area contributed by atoms with Gasteiger partial charge in [-0.3, -0.25) is 0 Å². The fourth-order valence-electron chi connectivity index (χ4n) is 27.4. The molecular weight excluding hydrogens is 1800 g/mol. The summed E-state index contributed by atoms with van der Waals surface area (Å²) >= 11 is 0. The van der Waals surface area contributed by atoms with Gasteiger partial charge in [-0.25, -0.2) is 84.2 Å².